The van der Waals surface area contributed by atoms with Crippen LogP contribution >= 0.6 is 0 Å². The third-order valence-corrected chi connectivity index (χ3v) is 5.61. The fourth-order valence-electron chi connectivity index (χ4n) is 3.37. The van der Waals surface area contributed by atoms with Gasteiger partial charge in [0.05, 0.1) is 22.2 Å². The molecule has 2 heterocycles. The first-order chi connectivity index (χ1) is 10.3. The Balaban J connectivity index is 1.58. The van der Waals surface area contributed by atoms with Gasteiger partial charge < -0.3 is 13.9 Å². The number of imidazole rings is 1. The van der Waals surface area contributed by atoms with E-state index in [-0.39, 0.29) is 18.3 Å². The van der Waals surface area contributed by atoms with Gasteiger partial charge in [-0.15, -0.1) is 0 Å². The molecule has 0 spiro atoms. The molecule has 2 atom stereocenters. The first-order valence-electron chi connectivity index (χ1n) is 8.07. The van der Waals surface area contributed by atoms with E-state index in [4.69, 9.17) is 14.3 Å². The summed E-state index contributed by atoms with van der Waals surface area (Å²) in [4.78, 5) is 4.82. The molecule has 0 amide bonds. The highest BCUT2D eigenvalue weighted by molar-refractivity contribution is 6.49. The number of aryl methyl sites for hydroxylation is 1. The zero-order chi connectivity index (χ0) is 15.7. The van der Waals surface area contributed by atoms with E-state index in [1.807, 2.05) is 6.07 Å². The summed E-state index contributed by atoms with van der Waals surface area (Å²) in [6, 6.07) is 8.30. The molecule has 116 valence electrons. The topological polar surface area (TPSA) is 36.3 Å². The summed E-state index contributed by atoms with van der Waals surface area (Å²) < 4.78 is 14.6. The van der Waals surface area contributed by atoms with Crippen LogP contribution in [0.3, 0.4) is 0 Å². The Morgan fingerprint density at radius 1 is 1.14 bits per heavy atom. The number of hydrogen-bond acceptors (Lipinski definition) is 3. The lowest BCUT2D eigenvalue weighted by Gasteiger charge is -2.32. The quantitative estimate of drug-likeness (QED) is 0.796. The van der Waals surface area contributed by atoms with Crippen LogP contribution in [0.1, 0.15) is 45.9 Å². The van der Waals surface area contributed by atoms with Crippen LogP contribution in [-0.2, 0) is 16.4 Å². The summed E-state index contributed by atoms with van der Waals surface area (Å²) in [7, 11) is 1.99. The third kappa shape index (κ3) is 1.95. The van der Waals surface area contributed by atoms with Crippen molar-refractivity contribution in [1.82, 2.24) is 9.55 Å². The summed E-state index contributed by atoms with van der Waals surface area (Å²) in [5.74, 6) is 2.00. The van der Waals surface area contributed by atoms with Gasteiger partial charge in [0.1, 0.15) is 5.82 Å². The second-order valence-corrected chi connectivity index (χ2v) is 7.65. The monoisotopic (exact) mass is 298 g/mol. The molecule has 4 rings (SSSR count). The van der Waals surface area contributed by atoms with Crippen molar-refractivity contribution in [3.05, 3.63) is 30.1 Å². The number of hydrogen-bond donors (Lipinski definition) is 0. The predicted molar refractivity (Wildman–Crippen MR) is 87.9 cm³/mol. The van der Waals surface area contributed by atoms with Crippen LogP contribution in [0.4, 0.5) is 0 Å². The molecular weight excluding hydrogens is 275 g/mol. The lowest BCUT2D eigenvalue weighted by atomic mass is 9.80. The van der Waals surface area contributed by atoms with E-state index in [0.717, 1.165) is 17.8 Å². The summed E-state index contributed by atoms with van der Waals surface area (Å²) in [6.45, 7) is 8.44. The Kier molecular flexibility index (Phi) is 2.83. The van der Waals surface area contributed by atoms with Crippen molar-refractivity contribution in [1.29, 1.82) is 0 Å². The van der Waals surface area contributed by atoms with E-state index in [2.05, 4.69) is 57.5 Å². The molecule has 1 saturated carbocycles. The standard InChI is InChI=1S/C17H23BN2O2/c1-16(2)17(3,4)22-18(21-16)12-10-11(12)15-19-13-8-6-7-9-14(13)20(15)5/h6-9,11-12H,10H2,1-5H3/t11-,12+/m1/s1. The molecule has 2 aliphatic rings. The van der Waals surface area contributed by atoms with Crippen LogP contribution < -0.4 is 0 Å². The van der Waals surface area contributed by atoms with Crippen molar-refractivity contribution >= 4 is 18.2 Å². The number of para-hydroxylation sites is 2. The molecule has 1 aliphatic carbocycles. The van der Waals surface area contributed by atoms with Crippen molar-refractivity contribution in [3.63, 3.8) is 0 Å². The van der Waals surface area contributed by atoms with Crippen LogP contribution in [0.25, 0.3) is 11.0 Å². The molecule has 2 aromatic rings. The fraction of sp³-hybridized carbons (Fsp3) is 0.588. The van der Waals surface area contributed by atoms with Gasteiger partial charge in [0, 0.05) is 18.8 Å². The molecule has 1 aliphatic heterocycles. The van der Waals surface area contributed by atoms with Crippen molar-refractivity contribution in [2.24, 2.45) is 7.05 Å². The van der Waals surface area contributed by atoms with Gasteiger partial charge in [0.25, 0.3) is 0 Å². The second-order valence-electron chi connectivity index (χ2n) is 7.65. The predicted octanol–water partition coefficient (Wildman–Crippen LogP) is 3.52. The Bertz CT molecular complexity index is 721. The Hall–Kier alpha value is -1.33. The SMILES string of the molecule is Cn1c([C@@H]2C[C@@H]2B2OC(C)(C)C(C)(C)O2)nc2ccccc21. The molecule has 0 N–H and O–H groups in total. The normalized spacial score (nSPS) is 29.2. The highest BCUT2D eigenvalue weighted by Crippen LogP contribution is 2.58. The molecule has 1 aromatic carbocycles. The first-order valence-corrected chi connectivity index (χ1v) is 8.07. The summed E-state index contributed by atoms with van der Waals surface area (Å²) in [6.07, 6.45) is 1.09. The molecule has 2 fully saturated rings. The minimum Gasteiger partial charge on any atom is -0.403 e. The molecule has 4 nitrogen and oxygen atoms in total. The van der Waals surface area contributed by atoms with Crippen LogP contribution in [0.5, 0.6) is 0 Å². The Morgan fingerprint density at radius 3 is 2.41 bits per heavy atom. The minimum atomic E-state index is -0.253. The Morgan fingerprint density at radius 2 is 1.77 bits per heavy atom. The van der Waals surface area contributed by atoms with Gasteiger partial charge in [-0.25, -0.2) is 4.98 Å². The number of nitrogens with zero attached hydrogens (tertiary/aromatic N) is 2. The molecule has 0 radical (unpaired) electrons. The largest absolute Gasteiger partial charge is 0.461 e. The van der Waals surface area contributed by atoms with Crippen LogP contribution in [0, 0.1) is 0 Å². The van der Waals surface area contributed by atoms with Gasteiger partial charge in [-0.05, 0) is 46.2 Å². The molecule has 0 bridgehead atoms. The van der Waals surface area contributed by atoms with Crippen molar-refractivity contribution in [2.45, 2.75) is 57.1 Å². The maximum Gasteiger partial charge on any atom is 0.461 e. The number of fused-ring (bicyclic) bond motifs is 1. The minimum absolute atomic E-state index is 0.116. The summed E-state index contributed by atoms with van der Waals surface area (Å²) >= 11 is 0. The van der Waals surface area contributed by atoms with Crippen LogP contribution in [-0.4, -0.2) is 27.9 Å². The lowest BCUT2D eigenvalue weighted by Crippen LogP contribution is -2.41. The number of aromatic nitrogens is 2. The highest BCUT2D eigenvalue weighted by Gasteiger charge is 2.60. The maximum atomic E-state index is 6.19. The van der Waals surface area contributed by atoms with E-state index in [0.29, 0.717) is 11.7 Å². The molecule has 1 saturated heterocycles. The number of rotatable bonds is 2. The van der Waals surface area contributed by atoms with Crippen LogP contribution in [0.15, 0.2) is 24.3 Å². The van der Waals surface area contributed by atoms with E-state index in [9.17, 15) is 0 Å². The van der Waals surface area contributed by atoms with Crippen molar-refractivity contribution in [3.8, 4) is 0 Å². The van der Waals surface area contributed by atoms with E-state index in [1.54, 1.807) is 0 Å². The third-order valence-electron chi connectivity index (χ3n) is 5.61. The smallest absolute Gasteiger partial charge is 0.403 e. The zero-order valence-electron chi connectivity index (χ0n) is 14.0. The van der Waals surface area contributed by atoms with Crippen LogP contribution in [0.2, 0.25) is 5.82 Å². The number of benzene rings is 1. The van der Waals surface area contributed by atoms with E-state index >= 15 is 0 Å². The highest BCUT2D eigenvalue weighted by atomic mass is 16.7. The lowest BCUT2D eigenvalue weighted by molar-refractivity contribution is 0.00578. The average molecular weight is 298 g/mol. The fourth-order valence-corrected chi connectivity index (χ4v) is 3.37. The average Bonchev–Trinajstić information content (AvgIpc) is 3.11. The van der Waals surface area contributed by atoms with Gasteiger partial charge in [0.15, 0.2) is 0 Å². The first kappa shape index (κ1) is 14.3. The van der Waals surface area contributed by atoms with E-state index in [1.165, 1.54) is 5.52 Å². The molecule has 0 unspecified atom stereocenters. The Labute approximate surface area is 132 Å². The van der Waals surface area contributed by atoms with Gasteiger partial charge in [0.2, 0.25) is 0 Å². The van der Waals surface area contributed by atoms with E-state index < -0.39 is 0 Å². The van der Waals surface area contributed by atoms with Gasteiger partial charge in [-0.2, -0.15) is 0 Å². The molecular formula is C17H23BN2O2. The van der Waals surface area contributed by atoms with Gasteiger partial charge in [-0.3, -0.25) is 0 Å². The molecule has 22 heavy (non-hydrogen) atoms. The molecule has 1 aromatic heterocycles. The van der Waals surface area contributed by atoms with Crippen molar-refractivity contribution in [2.75, 3.05) is 0 Å². The zero-order valence-corrected chi connectivity index (χ0v) is 14.0. The maximum absolute atomic E-state index is 6.19. The van der Waals surface area contributed by atoms with Gasteiger partial charge in [-0.1, -0.05) is 12.1 Å². The summed E-state index contributed by atoms with van der Waals surface area (Å²) in [5.41, 5.74) is 1.76. The van der Waals surface area contributed by atoms with Gasteiger partial charge >= 0.3 is 7.12 Å². The summed E-state index contributed by atoms with van der Waals surface area (Å²) in [5, 5.41) is 0. The second kappa shape index (κ2) is 4.36. The van der Waals surface area contributed by atoms with Crippen molar-refractivity contribution < 1.29 is 9.31 Å². The molecule has 5 heteroatoms.